The van der Waals surface area contributed by atoms with E-state index in [1.165, 1.54) is 29.0 Å². The minimum absolute atomic E-state index is 0.0650. The first-order valence-electron chi connectivity index (χ1n) is 9.88. The molecule has 3 aromatic rings. The summed E-state index contributed by atoms with van der Waals surface area (Å²) in [6.07, 6.45) is -2.06. The zero-order valence-corrected chi connectivity index (χ0v) is 18.9. The lowest BCUT2D eigenvalue weighted by Crippen LogP contribution is -2.32. The largest absolute Gasteiger partial charge is 0.573 e. The fourth-order valence-electron chi connectivity index (χ4n) is 3.81. The molecule has 0 spiro atoms. The Hall–Kier alpha value is -2.76. The molecule has 7 nitrogen and oxygen atoms in total. The molecule has 2 unspecified atom stereocenters. The molecule has 2 heterocycles. The van der Waals surface area contributed by atoms with Crippen LogP contribution < -0.4 is 10.1 Å². The van der Waals surface area contributed by atoms with E-state index in [4.69, 9.17) is 11.6 Å². The molecule has 0 bridgehead atoms. The van der Waals surface area contributed by atoms with E-state index in [-0.39, 0.29) is 29.1 Å². The lowest BCUT2D eigenvalue weighted by atomic mass is 9.94. The second kappa shape index (κ2) is 8.88. The van der Waals surface area contributed by atoms with E-state index in [0.29, 0.717) is 5.69 Å². The van der Waals surface area contributed by atoms with Crippen molar-refractivity contribution < 1.29 is 26.3 Å². The molecular weight excluding hydrogens is 481 g/mol. The van der Waals surface area contributed by atoms with Crippen LogP contribution in [0.15, 0.2) is 66.1 Å². The molecule has 1 aliphatic heterocycles. The summed E-state index contributed by atoms with van der Waals surface area (Å²) in [5.41, 5.74) is 1.22. The van der Waals surface area contributed by atoms with Gasteiger partial charge in [-0.15, -0.1) is 13.2 Å². The van der Waals surface area contributed by atoms with Crippen molar-refractivity contribution in [3.63, 3.8) is 0 Å². The summed E-state index contributed by atoms with van der Waals surface area (Å²) in [7, 11) is -2.18. The Morgan fingerprint density at radius 3 is 2.52 bits per heavy atom. The average Bonchev–Trinajstić information content (AvgIpc) is 3.37. The van der Waals surface area contributed by atoms with Gasteiger partial charge in [-0.2, -0.15) is 4.31 Å². The van der Waals surface area contributed by atoms with Gasteiger partial charge in [-0.3, -0.25) is 0 Å². The van der Waals surface area contributed by atoms with E-state index in [1.54, 1.807) is 11.6 Å². The van der Waals surface area contributed by atoms with Crippen molar-refractivity contribution in [2.45, 2.75) is 23.3 Å². The predicted octanol–water partition coefficient (Wildman–Crippen LogP) is 4.24. The Kier molecular flexibility index (Phi) is 6.30. The zero-order valence-electron chi connectivity index (χ0n) is 17.3. The van der Waals surface area contributed by atoms with E-state index >= 15 is 0 Å². The monoisotopic (exact) mass is 500 g/mol. The van der Waals surface area contributed by atoms with Crippen LogP contribution in [0, 0.1) is 0 Å². The molecule has 0 saturated carbocycles. The predicted molar refractivity (Wildman–Crippen MR) is 117 cm³/mol. The van der Waals surface area contributed by atoms with Gasteiger partial charge in [0.25, 0.3) is 10.0 Å². The molecule has 4 rings (SSSR count). The highest BCUT2D eigenvalue weighted by molar-refractivity contribution is 7.89. The normalized spacial score (nSPS) is 19.5. The van der Waals surface area contributed by atoms with Crippen molar-refractivity contribution in [2.24, 2.45) is 7.05 Å². The molecule has 0 aliphatic carbocycles. The Balaban J connectivity index is 1.63. The van der Waals surface area contributed by atoms with Gasteiger partial charge in [0.15, 0.2) is 5.03 Å². The van der Waals surface area contributed by atoms with Gasteiger partial charge < -0.3 is 14.6 Å². The summed E-state index contributed by atoms with van der Waals surface area (Å²) in [6, 6.07) is 12.8. The molecule has 0 amide bonds. The van der Waals surface area contributed by atoms with Crippen molar-refractivity contribution >= 4 is 27.3 Å². The molecule has 2 aromatic carbocycles. The number of alkyl halides is 3. The topological polar surface area (TPSA) is 76.5 Å². The second-order valence-corrected chi connectivity index (χ2v) is 9.95. The highest BCUT2D eigenvalue weighted by atomic mass is 35.5. The summed E-state index contributed by atoms with van der Waals surface area (Å²) in [5, 5.41) is 2.91. The second-order valence-electron chi connectivity index (χ2n) is 7.66. The van der Waals surface area contributed by atoms with Crippen LogP contribution >= 0.6 is 11.6 Å². The lowest BCUT2D eigenvalue weighted by molar-refractivity contribution is -0.274. The number of halogens is 4. The quantitative estimate of drug-likeness (QED) is 0.548. The number of aryl methyl sites for hydroxylation is 1. The van der Waals surface area contributed by atoms with Gasteiger partial charge in [0.05, 0.1) is 11.3 Å². The standard InChI is InChI=1S/C21H20ClF3N4O3S/c1-28-12-20(26-13-28)33(30,31)29-10-16(14-5-3-2-4-6-14)18(11-29)27-15-7-8-17(22)19(9-15)32-21(23,24)25/h2-9,12-13,16,18,27H,10-11H2,1H3. The van der Waals surface area contributed by atoms with Crippen LogP contribution in [0.25, 0.3) is 0 Å². The number of nitrogens with one attached hydrogen (secondary N) is 1. The number of ether oxygens (including phenoxy) is 1. The van der Waals surface area contributed by atoms with Crippen LogP contribution in [0.5, 0.6) is 5.75 Å². The average molecular weight is 501 g/mol. The number of hydrogen-bond donors (Lipinski definition) is 1. The van der Waals surface area contributed by atoms with Crippen LogP contribution in [0.2, 0.25) is 5.02 Å². The fraction of sp³-hybridized carbons (Fsp3) is 0.286. The Morgan fingerprint density at radius 2 is 1.88 bits per heavy atom. The van der Waals surface area contributed by atoms with E-state index in [2.05, 4.69) is 15.0 Å². The third kappa shape index (κ3) is 5.26. The molecule has 0 radical (unpaired) electrons. The van der Waals surface area contributed by atoms with Crippen molar-refractivity contribution in [1.29, 1.82) is 0 Å². The van der Waals surface area contributed by atoms with E-state index in [0.717, 1.165) is 11.6 Å². The molecule has 1 aliphatic rings. The maximum Gasteiger partial charge on any atom is 0.573 e. The van der Waals surface area contributed by atoms with E-state index in [1.807, 2.05) is 30.3 Å². The molecule has 1 fully saturated rings. The van der Waals surface area contributed by atoms with Crippen molar-refractivity contribution in [2.75, 3.05) is 18.4 Å². The van der Waals surface area contributed by atoms with Gasteiger partial charge in [0, 0.05) is 50.0 Å². The Labute approximate surface area is 193 Å². The summed E-state index contributed by atoms with van der Waals surface area (Å²) in [4.78, 5) is 3.97. The summed E-state index contributed by atoms with van der Waals surface area (Å²) in [5.74, 6) is -0.797. The number of hydrogen-bond acceptors (Lipinski definition) is 5. The summed E-state index contributed by atoms with van der Waals surface area (Å²) >= 11 is 5.85. The van der Waals surface area contributed by atoms with E-state index in [9.17, 15) is 21.6 Å². The first-order valence-corrected chi connectivity index (χ1v) is 11.7. The molecule has 12 heteroatoms. The number of imidazole rings is 1. The number of aromatic nitrogens is 2. The summed E-state index contributed by atoms with van der Waals surface area (Å²) in [6.45, 7) is 0.274. The Morgan fingerprint density at radius 1 is 1.15 bits per heavy atom. The van der Waals surface area contributed by atoms with Gasteiger partial charge in [-0.05, 0) is 17.7 Å². The zero-order chi connectivity index (χ0) is 23.8. The van der Waals surface area contributed by atoms with Crippen molar-refractivity contribution in [3.8, 4) is 5.75 Å². The van der Waals surface area contributed by atoms with Crippen LogP contribution in [0.1, 0.15) is 11.5 Å². The smallest absolute Gasteiger partial charge is 0.404 e. The van der Waals surface area contributed by atoms with Gasteiger partial charge >= 0.3 is 6.36 Å². The van der Waals surface area contributed by atoms with Crippen LogP contribution in [0.4, 0.5) is 18.9 Å². The van der Waals surface area contributed by atoms with Gasteiger partial charge in [0.2, 0.25) is 0 Å². The van der Waals surface area contributed by atoms with Crippen LogP contribution in [0.3, 0.4) is 0 Å². The number of rotatable bonds is 6. The van der Waals surface area contributed by atoms with E-state index < -0.39 is 28.2 Å². The maximum absolute atomic E-state index is 13.1. The molecular formula is C21H20ClF3N4O3S. The highest BCUT2D eigenvalue weighted by Crippen LogP contribution is 2.36. The Bertz CT molecular complexity index is 1240. The molecule has 1 aromatic heterocycles. The maximum atomic E-state index is 13.1. The fourth-order valence-corrected chi connectivity index (χ4v) is 5.43. The molecule has 33 heavy (non-hydrogen) atoms. The molecule has 2 atom stereocenters. The summed E-state index contributed by atoms with van der Waals surface area (Å²) < 4.78 is 71.3. The minimum Gasteiger partial charge on any atom is -0.404 e. The number of benzene rings is 2. The SMILES string of the molecule is Cn1cnc(S(=O)(=O)N2CC(Nc3ccc(Cl)c(OC(F)(F)F)c3)C(c3ccccc3)C2)c1. The van der Waals surface area contributed by atoms with Crippen LogP contribution in [-0.4, -0.2) is 47.8 Å². The number of nitrogens with zero attached hydrogens (tertiary/aromatic N) is 3. The molecule has 1 N–H and O–H groups in total. The van der Waals surface area contributed by atoms with Crippen molar-refractivity contribution in [3.05, 3.63) is 71.6 Å². The first kappa shape index (κ1) is 23.4. The van der Waals surface area contributed by atoms with Gasteiger partial charge in [-0.1, -0.05) is 41.9 Å². The lowest BCUT2D eigenvalue weighted by Gasteiger charge is -2.22. The number of sulfonamides is 1. The highest BCUT2D eigenvalue weighted by Gasteiger charge is 2.41. The third-order valence-corrected chi connectivity index (χ3v) is 7.34. The first-order chi connectivity index (χ1) is 15.5. The minimum atomic E-state index is -4.89. The molecule has 176 valence electrons. The van der Waals surface area contributed by atoms with Gasteiger partial charge in [0.1, 0.15) is 5.75 Å². The van der Waals surface area contributed by atoms with Gasteiger partial charge in [-0.25, -0.2) is 13.4 Å². The third-order valence-electron chi connectivity index (χ3n) is 5.31. The van der Waals surface area contributed by atoms with Crippen LogP contribution in [-0.2, 0) is 17.1 Å². The molecule has 1 saturated heterocycles. The van der Waals surface area contributed by atoms with Crippen molar-refractivity contribution in [1.82, 2.24) is 13.9 Å². The number of anilines is 1.